The number of rotatable bonds is 8. The fraction of sp³-hybridized carbons (Fsp3) is 0.500. The van der Waals surface area contributed by atoms with E-state index in [0.717, 1.165) is 4.90 Å². The third kappa shape index (κ3) is 6.28. The number of hydrogen-bond donors (Lipinski definition) is 1. The van der Waals surface area contributed by atoms with Gasteiger partial charge in [0, 0.05) is 50.7 Å². The van der Waals surface area contributed by atoms with Crippen LogP contribution in [0.5, 0.6) is 0 Å². The van der Waals surface area contributed by atoms with Crippen molar-refractivity contribution < 1.29 is 27.2 Å². The van der Waals surface area contributed by atoms with Crippen LogP contribution in [0.3, 0.4) is 0 Å². The van der Waals surface area contributed by atoms with Gasteiger partial charge >= 0.3 is 0 Å². The highest BCUT2D eigenvalue weighted by Gasteiger charge is 2.43. The molecule has 2 aliphatic heterocycles. The smallest absolute Gasteiger partial charge is 0.267 e. The van der Waals surface area contributed by atoms with E-state index < -0.39 is 42.5 Å². The average molecular weight is 535 g/mol. The van der Waals surface area contributed by atoms with Crippen LogP contribution in [0.25, 0.3) is 0 Å². The van der Waals surface area contributed by atoms with Crippen molar-refractivity contribution in [3.05, 3.63) is 59.7 Å². The molecule has 2 aromatic carbocycles. The second-order valence-electron chi connectivity index (χ2n) is 10.0. The summed E-state index contributed by atoms with van der Waals surface area (Å²) in [6, 6.07) is 9.33. The molecule has 10 heteroatoms. The summed E-state index contributed by atoms with van der Waals surface area (Å²) in [4.78, 5) is 30.6. The summed E-state index contributed by atoms with van der Waals surface area (Å²) in [6.07, 6.45) is 1.01. The summed E-state index contributed by atoms with van der Waals surface area (Å²) in [5.74, 6) is -4.67. The van der Waals surface area contributed by atoms with Crippen molar-refractivity contribution in [3.63, 3.8) is 0 Å². The molecule has 0 spiro atoms. The zero-order valence-corrected chi connectivity index (χ0v) is 21.7. The molecule has 0 bridgehead atoms. The highest BCUT2D eigenvalue weighted by atomic mass is 19.3. The molecule has 2 aromatic rings. The molecule has 0 saturated carbocycles. The Bertz CT molecular complexity index is 1150. The quantitative estimate of drug-likeness (QED) is 0.481. The van der Waals surface area contributed by atoms with E-state index in [4.69, 9.17) is 0 Å². The van der Waals surface area contributed by atoms with Gasteiger partial charge < -0.3 is 15.1 Å². The Morgan fingerprint density at radius 1 is 0.974 bits per heavy atom. The van der Waals surface area contributed by atoms with Gasteiger partial charge in [-0.25, -0.2) is 17.6 Å². The number of amides is 2. The van der Waals surface area contributed by atoms with Gasteiger partial charge in [-0.2, -0.15) is 0 Å². The van der Waals surface area contributed by atoms with Crippen molar-refractivity contribution in [2.24, 2.45) is 5.92 Å². The van der Waals surface area contributed by atoms with Crippen LogP contribution in [-0.4, -0.2) is 66.8 Å². The van der Waals surface area contributed by atoms with Crippen molar-refractivity contribution in [2.45, 2.75) is 45.1 Å². The molecule has 0 radical (unpaired) electrons. The summed E-state index contributed by atoms with van der Waals surface area (Å²) in [5.41, 5.74) is 1.17. The molecule has 1 N–H and O–H groups in total. The molecule has 1 unspecified atom stereocenters. The summed E-state index contributed by atoms with van der Waals surface area (Å²) in [6.45, 7) is 4.63. The van der Waals surface area contributed by atoms with Gasteiger partial charge in [0.05, 0.1) is 12.2 Å². The predicted molar refractivity (Wildman–Crippen MR) is 138 cm³/mol. The molecule has 2 fully saturated rings. The number of likely N-dealkylation sites (tertiary alicyclic amines) is 1. The first kappa shape index (κ1) is 27.9. The van der Waals surface area contributed by atoms with Crippen LogP contribution < -0.4 is 10.2 Å². The molecular weight excluding hydrogens is 500 g/mol. The largest absolute Gasteiger partial charge is 0.367 e. The Hall–Kier alpha value is -3.14. The normalized spacial score (nSPS) is 18.6. The van der Waals surface area contributed by atoms with Gasteiger partial charge in [0.15, 0.2) is 0 Å². The van der Waals surface area contributed by atoms with Crippen molar-refractivity contribution in [2.75, 3.05) is 49.5 Å². The highest BCUT2D eigenvalue weighted by Crippen LogP contribution is 2.33. The topological polar surface area (TPSA) is 55.9 Å². The van der Waals surface area contributed by atoms with Crippen molar-refractivity contribution in [3.8, 4) is 0 Å². The number of halogens is 4. The zero-order chi connectivity index (χ0) is 27.4. The van der Waals surface area contributed by atoms with E-state index >= 15 is 4.39 Å². The van der Waals surface area contributed by atoms with Crippen LogP contribution in [0, 0.1) is 17.6 Å². The monoisotopic (exact) mass is 534 g/mol. The first-order valence-corrected chi connectivity index (χ1v) is 13.1. The maximum absolute atomic E-state index is 15.0. The molecule has 206 valence electrons. The van der Waals surface area contributed by atoms with Gasteiger partial charge in [-0.05, 0) is 48.7 Å². The first-order chi connectivity index (χ1) is 18.1. The van der Waals surface area contributed by atoms with Gasteiger partial charge in [0.2, 0.25) is 11.8 Å². The molecular formula is C28H34F4N4O2. The van der Waals surface area contributed by atoms with Crippen LogP contribution in [0.1, 0.15) is 44.7 Å². The minimum absolute atomic E-state index is 0.0526. The molecule has 2 heterocycles. The number of nitrogens with zero attached hydrogens (tertiary/aromatic N) is 3. The summed E-state index contributed by atoms with van der Waals surface area (Å²) < 4.78 is 56.8. The minimum Gasteiger partial charge on any atom is -0.367 e. The number of carbonyl (C=O) groups excluding carboxylic acids is 2. The van der Waals surface area contributed by atoms with Crippen molar-refractivity contribution >= 4 is 23.2 Å². The van der Waals surface area contributed by atoms with E-state index in [-0.39, 0.29) is 18.4 Å². The Morgan fingerprint density at radius 2 is 1.68 bits per heavy atom. The Labute approximate surface area is 220 Å². The molecule has 0 aliphatic carbocycles. The van der Waals surface area contributed by atoms with Gasteiger partial charge in [0.25, 0.3) is 5.92 Å². The SMILES string of the molecule is CCC(CC)C(=O)Nc1ccc(N2CCN(C(C(=O)N3CCC(F)(F)C3)c3cccc(F)c3)CC2)c(F)c1. The molecule has 1 atom stereocenters. The maximum atomic E-state index is 15.0. The maximum Gasteiger partial charge on any atom is 0.267 e. The number of piperazine rings is 1. The summed E-state index contributed by atoms with van der Waals surface area (Å²) in [5, 5.41) is 2.77. The van der Waals surface area contributed by atoms with E-state index in [1.165, 1.54) is 24.3 Å². The lowest BCUT2D eigenvalue weighted by Gasteiger charge is -2.40. The highest BCUT2D eigenvalue weighted by molar-refractivity contribution is 5.92. The van der Waals surface area contributed by atoms with Crippen LogP contribution in [0.15, 0.2) is 42.5 Å². The fourth-order valence-corrected chi connectivity index (χ4v) is 5.25. The second-order valence-corrected chi connectivity index (χ2v) is 10.0. The number of carbonyl (C=O) groups is 2. The second kappa shape index (κ2) is 11.7. The minimum atomic E-state index is -2.93. The predicted octanol–water partition coefficient (Wildman–Crippen LogP) is 5.07. The zero-order valence-electron chi connectivity index (χ0n) is 21.7. The summed E-state index contributed by atoms with van der Waals surface area (Å²) >= 11 is 0. The molecule has 2 saturated heterocycles. The third-order valence-electron chi connectivity index (χ3n) is 7.47. The fourth-order valence-electron chi connectivity index (χ4n) is 5.25. The van der Waals surface area contributed by atoms with Gasteiger partial charge in [0.1, 0.15) is 17.7 Å². The molecule has 38 heavy (non-hydrogen) atoms. The number of nitrogens with one attached hydrogen (secondary N) is 1. The number of alkyl halides is 2. The van der Waals surface area contributed by atoms with Gasteiger partial charge in [-0.3, -0.25) is 14.5 Å². The van der Waals surface area contributed by atoms with Gasteiger partial charge in [-0.15, -0.1) is 0 Å². The van der Waals surface area contributed by atoms with E-state index in [1.807, 2.05) is 23.6 Å². The Balaban J connectivity index is 1.46. The van der Waals surface area contributed by atoms with Crippen molar-refractivity contribution in [1.82, 2.24) is 9.80 Å². The number of anilines is 2. The lowest BCUT2D eigenvalue weighted by molar-refractivity contribution is -0.138. The molecule has 0 aromatic heterocycles. The lowest BCUT2D eigenvalue weighted by Crippen LogP contribution is -2.51. The first-order valence-electron chi connectivity index (χ1n) is 13.1. The van der Waals surface area contributed by atoms with E-state index in [1.54, 1.807) is 18.2 Å². The van der Waals surface area contributed by atoms with E-state index in [2.05, 4.69) is 5.32 Å². The molecule has 2 amide bonds. The Morgan fingerprint density at radius 3 is 2.26 bits per heavy atom. The van der Waals surface area contributed by atoms with Gasteiger partial charge in [-0.1, -0.05) is 26.0 Å². The average Bonchev–Trinajstić information content (AvgIpc) is 3.25. The number of hydrogen-bond acceptors (Lipinski definition) is 4. The number of benzene rings is 2. The van der Waals surface area contributed by atoms with Crippen molar-refractivity contribution in [1.29, 1.82) is 0 Å². The van der Waals surface area contributed by atoms with Crippen LogP contribution in [-0.2, 0) is 9.59 Å². The van der Waals surface area contributed by atoms with E-state index in [9.17, 15) is 22.8 Å². The molecule has 6 nitrogen and oxygen atoms in total. The molecule has 4 rings (SSSR count). The third-order valence-corrected chi connectivity index (χ3v) is 7.47. The lowest BCUT2D eigenvalue weighted by atomic mass is 10.0. The Kier molecular flexibility index (Phi) is 8.60. The standard InChI is InChI=1S/C28H34F4N4O2/c1-3-19(4-2)26(37)33-22-8-9-24(23(30)17-22)34-12-14-35(15-13-34)25(20-6-5-7-21(29)16-20)27(38)36-11-10-28(31,32)18-36/h5-9,16-17,19,25H,3-4,10-15,18H2,1-2H3,(H,33,37). The summed E-state index contributed by atoms with van der Waals surface area (Å²) in [7, 11) is 0. The van der Waals surface area contributed by atoms with Crippen LogP contribution in [0.2, 0.25) is 0 Å². The molecule has 2 aliphatic rings. The van der Waals surface area contributed by atoms with Crippen LogP contribution in [0.4, 0.5) is 28.9 Å². The van der Waals surface area contributed by atoms with E-state index in [0.29, 0.717) is 56.0 Å². The van der Waals surface area contributed by atoms with Crippen LogP contribution >= 0.6 is 0 Å².